The third-order valence-corrected chi connectivity index (χ3v) is 4.80. The third kappa shape index (κ3) is 3.72. The van der Waals surface area contributed by atoms with Gasteiger partial charge in [-0.05, 0) is 36.8 Å². The molecule has 0 radical (unpaired) electrons. The van der Waals surface area contributed by atoms with E-state index in [1.807, 2.05) is 37.4 Å². The number of nitrogens with zero attached hydrogens (tertiary/aromatic N) is 1. The van der Waals surface area contributed by atoms with Gasteiger partial charge in [0.15, 0.2) is 0 Å². The van der Waals surface area contributed by atoms with E-state index in [0.29, 0.717) is 0 Å². The molecule has 2 nitrogen and oxygen atoms in total. The van der Waals surface area contributed by atoms with Crippen molar-refractivity contribution in [2.45, 2.75) is 19.6 Å². The lowest BCUT2D eigenvalue weighted by Crippen LogP contribution is -2.15. The summed E-state index contributed by atoms with van der Waals surface area (Å²) >= 11 is 11.0. The molecule has 0 unspecified atom stereocenters. The molecule has 0 fully saturated rings. The zero-order chi connectivity index (χ0) is 14.0. The zero-order valence-corrected chi connectivity index (χ0v) is 13.9. The summed E-state index contributed by atoms with van der Waals surface area (Å²) in [6, 6.07) is 9.95. The van der Waals surface area contributed by atoms with Crippen molar-refractivity contribution in [1.82, 2.24) is 0 Å². The van der Waals surface area contributed by atoms with Crippen molar-refractivity contribution in [1.29, 1.82) is 0 Å². The number of anilines is 1. The standard InChI is InChI=1S/C14H15BrClNOS/c1-9(18)12-5-3-10(7-13(12)15)17(2)8-11-4-6-14(16)19-11/h3-7,9,18H,8H2,1-2H3/t9-/m0/s1. The molecule has 19 heavy (non-hydrogen) atoms. The zero-order valence-electron chi connectivity index (χ0n) is 10.7. The molecule has 5 heteroatoms. The van der Waals surface area contributed by atoms with Crippen LogP contribution in [0.1, 0.15) is 23.5 Å². The van der Waals surface area contributed by atoms with Gasteiger partial charge in [0.25, 0.3) is 0 Å². The fourth-order valence-corrected chi connectivity index (χ4v) is 3.69. The molecule has 1 atom stereocenters. The van der Waals surface area contributed by atoms with Gasteiger partial charge in [-0.2, -0.15) is 0 Å². The average molecular weight is 361 g/mol. The molecule has 0 bridgehead atoms. The Balaban J connectivity index is 2.15. The fourth-order valence-electron chi connectivity index (χ4n) is 1.85. The number of rotatable bonds is 4. The Morgan fingerprint density at radius 2 is 2.11 bits per heavy atom. The summed E-state index contributed by atoms with van der Waals surface area (Å²) in [5, 5.41) is 9.62. The molecule has 1 aromatic heterocycles. The number of hydrogen-bond donors (Lipinski definition) is 1. The van der Waals surface area contributed by atoms with Crippen LogP contribution >= 0.6 is 38.9 Å². The topological polar surface area (TPSA) is 23.5 Å². The molecular formula is C14H15BrClNOS. The Morgan fingerprint density at radius 1 is 1.37 bits per heavy atom. The first-order chi connectivity index (χ1) is 8.97. The second-order valence-electron chi connectivity index (χ2n) is 4.44. The van der Waals surface area contributed by atoms with E-state index in [1.54, 1.807) is 18.3 Å². The van der Waals surface area contributed by atoms with E-state index in [9.17, 15) is 5.11 Å². The first-order valence-corrected chi connectivity index (χ1v) is 7.89. The van der Waals surface area contributed by atoms with Crippen molar-refractivity contribution in [3.8, 4) is 0 Å². The van der Waals surface area contributed by atoms with Gasteiger partial charge in [0.1, 0.15) is 0 Å². The van der Waals surface area contributed by atoms with Crippen LogP contribution in [-0.2, 0) is 6.54 Å². The van der Waals surface area contributed by atoms with Gasteiger partial charge in [0.2, 0.25) is 0 Å². The Hall–Kier alpha value is -0.550. The highest BCUT2D eigenvalue weighted by Crippen LogP contribution is 2.29. The highest BCUT2D eigenvalue weighted by molar-refractivity contribution is 9.10. The van der Waals surface area contributed by atoms with E-state index in [0.717, 1.165) is 26.6 Å². The van der Waals surface area contributed by atoms with Crippen LogP contribution in [0.2, 0.25) is 4.34 Å². The van der Waals surface area contributed by atoms with Crippen LogP contribution in [0, 0.1) is 0 Å². The monoisotopic (exact) mass is 359 g/mol. The van der Waals surface area contributed by atoms with E-state index in [2.05, 4.69) is 20.8 Å². The Bertz CT molecular complexity index is 570. The molecule has 1 aromatic carbocycles. The van der Waals surface area contributed by atoms with Crippen molar-refractivity contribution in [3.05, 3.63) is 49.6 Å². The minimum atomic E-state index is -0.468. The molecule has 102 valence electrons. The molecule has 1 N–H and O–H groups in total. The van der Waals surface area contributed by atoms with Crippen molar-refractivity contribution in [2.24, 2.45) is 0 Å². The van der Waals surface area contributed by atoms with Crippen LogP contribution < -0.4 is 4.90 Å². The molecule has 0 aliphatic carbocycles. The largest absolute Gasteiger partial charge is 0.389 e. The fraction of sp³-hybridized carbons (Fsp3) is 0.286. The molecule has 2 aromatic rings. The van der Waals surface area contributed by atoms with E-state index in [4.69, 9.17) is 11.6 Å². The molecule has 2 rings (SSSR count). The first kappa shape index (κ1) is 14.9. The van der Waals surface area contributed by atoms with Gasteiger partial charge in [-0.15, -0.1) is 11.3 Å². The van der Waals surface area contributed by atoms with Crippen molar-refractivity contribution in [3.63, 3.8) is 0 Å². The summed E-state index contributed by atoms with van der Waals surface area (Å²) in [6.07, 6.45) is -0.468. The van der Waals surface area contributed by atoms with E-state index in [1.165, 1.54) is 4.88 Å². The maximum absolute atomic E-state index is 9.62. The Labute approximate surface area is 130 Å². The Kier molecular flexibility index (Phi) is 4.90. The van der Waals surface area contributed by atoms with E-state index in [-0.39, 0.29) is 0 Å². The minimum Gasteiger partial charge on any atom is -0.389 e. The van der Waals surface area contributed by atoms with Gasteiger partial charge in [-0.3, -0.25) is 0 Å². The van der Waals surface area contributed by atoms with E-state index < -0.39 is 6.10 Å². The molecular weight excluding hydrogens is 346 g/mol. The number of aliphatic hydroxyl groups excluding tert-OH is 1. The summed E-state index contributed by atoms with van der Waals surface area (Å²) in [5.74, 6) is 0. The molecule has 0 spiro atoms. The molecule has 0 saturated carbocycles. The highest BCUT2D eigenvalue weighted by Gasteiger charge is 2.09. The lowest BCUT2D eigenvalue weighted by atomic mass is 10.1. The number of thiophene rings is 1. The third-order valence-electron chi connectivity index (χ3n) is 2.90. The maximum Gasteiger partial charge on any atom is 0.0931 e. The van der Waals surface area contributed by atoms with Gasteiger partial charge in [-0.1, -0.05) is 33.6 Å². The van der Waals surface area contributed by atoms with Gasteiger partial charge < -0.3 is 10.0 Å². The quantitative estimate of drug-likeness (QED) is 0.842. The molecule has 1 heterocycles. The molecule has 0 aliphatic rings. The van der Waals surface area contributed by atoms with Gasteiger partial charge in [0.05, 0.1) is 17.0 Å². The number of benzene rings is 1. The number of hydrogen-bond acceptors (Lipinski definition) is 3. The molecule has 0 aliphatic heterocycles. The van der Waals surface area contributed by atoms with Gasteiger partial charge in [0, 0.05) is 22.1 Å². The van der Waals surface area contributed by atoms with Crippen LogP contribution in [0.5, 0.6) is 0 Å². The average Bonchev–Trinajstić information content (AvgIpc) is 2.74. The Morgan fingerprint density at radius 3 is 2.63 bits per heavy atom. The predicted molar refractivity (Wildman–Crippen MR) is 86.2 cm³/mol. The van der Waals surface area contributed by atoms with Crippen molar-refractivity contribution < 1.29 is 5.11 Å². The van der Waals surface area contributed by atoms with Crippen molar-refractivity contribution in [2.75, 3.05) is 11.9 Å². The van der Waals surface area contributed by atoms with E-state index >= 15 is 0 Å². The maximum atomic E-state index is 9.62. The lowest BCUT2D eigenvalue weighted by Gasteiger charge is -2.20. The van der Waals surface area contributed by atoms with Crippen LogP contribution in [0.4, 0.5) is 5.69 Å². The lowest BCUT2D eigenvalue weighted by molar-refractivity contribution is 0.198. The van der Waals surface area contributed by atoms with Crippen LogP contribution in [-0.4, -0.2) is 12.2 Å². The van der Waals surface area contributed by atoms with Crippen LogP contribution in [0.25, 0.3) is 0 Å². The second-order valence-corrected chi connectivity index (χ2v) is 7.10. The van der Waals surface area contributed by atoms with Crippen LogP contribution in [0.3, 0.4) is 0 Å². The summed E-state index contributed by atoms with van der Waals surface area (Å²) < 4.78 is 1.74. The van der Waals surface area contributed by atoms with Crippen LogP contribution in [0.15, 0.2) is 34.8 Å². The van der Waals surface area contributed by atoms with Gasteiger partial charge in [-0.25, -0.2) is 0 Å². The SMILES string of the molecule is C[C@H](O)c1ccc(N(C)Cc2ccc(Cl)s2)cc1Br. The molecule has 0 amide bonds. The van der Waals surface area contributed by atoms with Gasteiger partial charge >= 0.3 is 0 Å². The molecule has 0 saturated heterocycles. The summed E-state index contributed by atoms with van der Waals surface area (Å²) in [5.41, 5.74) is 2.00. The second kappa shape index (κ2) is 6.27. The summed E-state index contributed by atoms with van der Waals surface area (Å²) in [4.78, 5) is 3.38. The summed E-state index contributed by atoms with van der Waals surface area (Å²) in [6.45, 7) is 2.58. The summed E-state index contributed by atoms with van der Waals surface area (Å²) in [7, 11) is 2.04. The minimum absolute atomic E-state index is 0.468. The highest BCUT2D eigenvalue weighted by atomic mass is 79.9. The normalized spacial score (nSPS) is 12.5. The number of aliphatic hydroxyl groups is 1. The van der Waals surface area contributed by atoms with Crippen molar-refractivity contribution >= 4 is 44.6 Å². The predicted octanol–water partition coefficient (Wildman–Crippen LogP) is 4.85. The number of halogens is 2. The smallest absolute Gasteiger partial charge is 0.0931 e. The first-order valence-electron chi connectivity index (χ1n) is 5.90.